The second-order valence-electron chi connectivity index (χ2n) is 15.1. The molecule has 4 aliphatic rings. The first-order valence-electron chi connectivity index (χ1n) is 16.3. The van der Waals surface area contributed by atoms with Gasteiger partial charge < -0.3 is 24.6 Å². The lowest BCUT2D eigenvalue weighted by molar-refractivity contribution is -0.189. The summed E-state index contributed by atoms with van der Waals surface area (Å²) in [4.78, 5) is 16.7. The van der Waals surface area contributed by atoms with Crippen LogP contribution < -0.4 is 0 Å². The molecular formula is C32H57N2O6S-. The Kier molecular flexibility index (Phi) is 10.3. The van der Waals surface area contributed by atoms with E-state index in [1.807, 2.05) is 19.0 Å². The van der Waals surface area contributed by atoms with Gasteiger partial charge in [0.2, 0.25) is 5.91 Å². The van der Waals surface area contributed by atoms with E-state index >= 15 is 0 Å². The molecule has 0 bridgehead atoms. The van der Waals surface area contributed by atoms with Crippen LogP contribution in [0.25, 0.3) is 0 Å². The number of fused-ring (bicyclic) bond motifs is 5. The first-order chi connectivity index (χ1) is 19.1. The van der Waals surface area contributed by atoms with E-state index in [2.05, 4.69) is 27.7 Å². The van der Waals surface area contributed by atoms with Crippen molar-refractivity contribution in [3.05, 3.63) is 0 Å². The largest absolute Gasteiger partial charge is 0.748 e. The fourth-order valence-corrected chi connectivity index (χ4v) is 10.9. The molecule has 4 fully saturated rings. The van der Waals surface area contributed by atoms with Crippen LogP contribution in [0.4, 0.5) is 0 Å². The molecule has 0 saturated heterocycles. The molecule has 0 radical (unpaired) electrons. The van der Waals surface area contributed by atoms with Gasteiger partial charge in [-0.05, 0) is 118 Å². The zero-order chi connectivity index (χ0) is 30.3. The van der Waals surface area contributed by atoms with Crippen molar-refractivity contribution in [2.75, 3.05) is 39.5 Å². The second kappa shape index (κ2) is 12.7. The van der Waals surface area contributed by atoms with Crippen LogP contribution in [0.3, 0.4) is 0 Å². The molecule has 0 unspecified atom stereocenters. The number of hydrogen-bond acceptors (Lipinski definition) is 7. The molecule has 11 atom stereocenters. The van der Waals surface area contributed by atoms with Crippen LogP contribution in [-0.2, 0) is 14.9 Å². The third kappa shape index (κ3) is 6.69. The highest BCUT2D eigenvalue weighted by Gasteiger charge is 2.65. The molecule has 41 heavy (non-hydrogen) atoms. The molecule has 1 amide bonds. The molecule has 0 aliphatic heterocycles. The van der Waals surface area contributed by atoms with E-state index in [9.17, 15) is 28.0 Å². The van der Waals surface area contributed by atoms with Crippen molar-refractivity contribution in [3.8, 4) is 0 Å². The van der Waals surface area contributed by atoms with Gasteiger partial charge in [0.05, 0.1) is 28.1 Å². The third-order valence-electron chi connectivity index (χ3n) is 12.8. The van der Waals surface area contributed by atoms with E-state index in [1.54, 1.807) is 0 Å². The summed E-state index contributed by atoms with van der Waals surface area (Å²) in [6.45, 7) is 10.3. The van der Waals surface area contributed by atoms with Crippen molar-refractivity contribution in [2.24, 2.45) is 52.3 Å². The van der Waals surface area contributed by atoms with Crippen molar-refractivity contribution < 1.29 is 28.0 Å². The van der Waals surface area contributed by atoms with E-state index in [1.165, 1.54) is 11.3 Å². The molecule has 0 aromatic carbocycles. The van der Waals surface area contributed by atoms with Crippen molar-refractivity contribution in [3.63, 3.8) is 0 Å². The molecule has 9 heteroatoms. The van der Waals surface area contributed by atoms with Crippen molar-refractivity contribution in [1.29, 1.82) is 0 Å². The normalized spacial score (nSPS) is 41.4. The minimum absolute atomic E-state index is 0.0622. The molecule has 0 aromatic rings. The van der Waals surface area contributed by atoms with Crippen LogP contribution >= 0.6 is 0 Å². The maximum atomic E-state index is 13.2. The van der Waals surface area contributed by atoms with Gasteiger partial charge in [-0.1, -0.05) is 34.1 Å². The van der Waals surface area contributed by atoms with E-state index in [0.717, 1.165) is 44.9 Å². The van der Waals surface area contributed by atoms with Crippen LogP contribution in [0.2, 0.25) is 0 Å². The predicted octanol–water partition coefficient (Wildman–Crippen LogP) is 3.96. The summed E-state index contributed by atoms with van der Waals surface area (Å²) in [5.41, 5.74) is 0.0232. The maximum absolute atomic E-state index is 13.2. The van der Waals surface area contributed by atoms with Crippen molar-refractivity contribution >= 4 is 16.0 Å². The van der Waals surface area contributed by atoms with E-state index in [-0.39, 0.29) is 41.4 Å². The molecule has 238 valence electrons. The average molecular weight is 598 g/mol. The number of aliphatic hydroxyl groups is 2. The number of nitrogens with zero attached hydrogens (tertiary/aromatic N) is 2. The van der Waals surface area contributed by atoms with Gasteiger partial charge in [0.1, 0.15) is 0 Å². The Morgan fingerprint density at radius 2 is 1.71 bits per heavy atom. The molecule has 4 rings (SSSR count). The smallest absolute Gasteiger partial charge is 0.222 e. The first kappa shape index (κ1) is 33.2. The standard InChI is InChI=1S/C32H58N2O6S/c1-7-22-18-24-26-10-9-25(21(2)8-11-30(37)34(15-14-33(5)6)16-17-41(38,39)40)32(26,4)29(36)20-28(24)31(3)13-12-23(35)19-27(22)31/h21-29,35-36H,7-20H2,1-6H3,(H,38,39,40)/p-1/t21-,22+,23-,24+,25-,26+,27+,28+,29+,31+,32-/m1/s1. The van der Waals surface area contributed by atoms with Gasteiger partial charge in [-0.2, -0.15) is 0 Å². The van der Waals surface area contributed by atoms with Gasteiger partial charge in [0, 0.05) is 26.1 Å². The van der Waals surface area contributed by atoms with Gasteiger partial charge in [-0.25, -0.2) is 8.42 Å². The average Bonchev–Trinajstić information content (AvgIpc) is 3.26. The van der Waals surface area contributed by atoms with E-state index in [0.29, 0.717) is 61.4 Å². The van der Waals surface area contributed by atoms with Crippen molar-refractivity contribution in [1.82, 2.24) is 9.80 Å². The molecule has 0 aromatic heterocycles. The highest BCUT2D eigenvalue weighted by Crippen LogP contribution is 2.69. The van der Waals surface area contributed by atoms with Gasteiger partial charge in [0.25, 0.3) is 0 Å². The molecular weight excluding hydrogens is 540 g/mol. The Morgan fingerprint density at radius 1 is 1.00 bits per heavy atom. The molecule has 0 spiro atoms. The summed E-state index contributed by atoms with van der Waals surface area (Å²) >= 11 is 0. The Morgan fingerprint density at radius 3 is 2.34 bits per heavy atom. The molecule has 0 heterocycles. The predicted molar refractivity (Wildman–Crippen MR) is 160 cm³/mol. The summed E-state index contributed by atoms with van der Waals surface area (Å²) in [5, 5.41) is 22.4. The van der Waals surface area contributed by atoms with Crippen LogP contribution in [0.1, 0.15) is 91.9 Å². The number of likely N-dealkylation sites (N-methyl/N-ethyl adjacent to an activating group) is 1. The summed E-state index contributed by atoms with van der Waals surface area (Å²) in [6.07, 6.45) is 8.76. The summed E-state index contributed by atoms with van der Waals surface area (Å²) in [6, 6.07) is 0. The minimum Gasteiger partial charge on any atom is -0.748 e. The fourth-order valence-electron chi connectivity index (χ4n) is 10.5. The van der Waals surface area contributed by atoms with Crippen LogP contribution in [0.15, 0.2) is 0 Å². The molecule has 4 aliphatic carbocycles. The Balaban J connectivity index is 1.45. The van der Waals surface area contributed by atoms with Gasteiger partial charge in [0.15, 0.2) is 0 Å². The number of carbonyl (C=O) groups is 1. The lowest BCUT2D eigenvalue weighted by Gasteiger charge is -2.64. The second-order valence-corrected chi connectivity index (χ2v) is 16.6. The van der Waals surface area contributed by atoms with Crippen molar-refractivity contribution in [2.45, 2.75) is 104 Å². The molecule has 4 saturated carbocycles. The molecule has 8 nitrogen and oxygen atoms in total. The SMILES string of the molecule is CC[C@H]1C[C@@H]2[C@H](C[C@H](O)[C@]3(C)[C@@H]([C@H](C)CCC(=O)N(CCN(C)C)CCS(=O)(=O)[O-])CC[C@@H]23)[C@@]2(C)CC[C@@H](O)C[C@@H]12. The van der Waals surface area contributed by atoms with Gasteiger partial charge in [-0.15, -0.1) is 0 Å². The van der Waals surface area contributed by atoms with E-state index < -0.39 is 15.9 Å². The lowest BCUT2D eigenvalue weighted by atomic mass is 9.41. The Bertz CT molecular complexity index is 1020. The highest BCUT2D eigenvalue weighted by atomic mass is 32.2. The summed E-state index contributed by atoms with van der Waals surface area (Å²) in [5.74, 6) is 2.73. The van der Waals surface area contributed by atoms with Gasteiger partial charge >= 0.3 is 0 Å². The quantitative estimate of drug-likeness (QED) is 0.346. The number of hydrogen-bond donors (Lipinski definition) is 2. The Labute approximate surface area is 249 Å². The van der Waals surface area contributed by atoms with Crippen LogP contribution in [-0.4, -0.2) is 90.6 Å². The fraction of sp³-hybridized carbons (Fsp3) is 0.969. The third-order valence-corrected chi connectivity index (χ3v) is 13.5. The highest BCUT2D eigenvalue weighted by molar-refractivity contribution is 7.85. The van der Waals surface area contributed by atoms with Gasteiger partial charge in [-0.3, -0.25) is 4.79 Å². The maximum Gasteiger partial charge on any atom is 0.222 e. The number of aliphatic hydroxyl groups excluding tert-OH is 2. The Hall–Kier alpha value is -0.740. The lowest BCUT2D eigenvalue weighted by Crippen LogP contribution is -2.60. The monoisotopic (exact) mass is 597 g/mol. The summed E-state index contributed by atoms with van der Waals surface area (Å²) < 4.78 is 33.7. The number of carbonyl (C=O) groups excluding carboxylic acids is 1. The van der Waals surface area contributed by atoms with Crippen LogP contribution in [0.5, 0.6) is 0 Å². The molecule has 2 N–H and O–H groups in total. The minimum atomic E-state index is -4.39. The number of rotatable bonds is 11. The topological polar surface area (TPSA) is 121 Å². The zero-order valence-electron chi connectivity index (χ0n) is 26.4. The summed E-state index contributed by atoms with van der Waals surface area (Å²) in [7, 11) is -0.587. The first-order valence-corrected chi connectivity index (χ1v) is 17.9. The number of amides is 1. The zero-order valence-corrected chi connectivity index (χ0v) is 27.2. The van der Waals surface area contributed by atoms with Crippen LogP contribution in [0, 0.1) is 52.3 Å². The van der Waals surface area contributed by atoms with E-state index in [4.69, 9.17) is 0 Å².